The van der Waals surface area contributed by atoms with Crippen LogP contribution in [0.15, 0.2) is 30.3 Å². The Bertz CT molecular complexity index is 819. The van der Waals surface area contributed by atoms with Gasteiger partial charge in [-0.25, -0.2) is 4.98 Å². The number of nitrogen functional groups attached to an aromatic ring is 1. The van der Waals surface area contributed by atoms with Crippen molar-refractivity contribution in [2.75, 3.05) is 24.1 Å². The van der Waals surface area contributed by atoms with Crippen molar-refractivity contribution in [1.29, 1.82) is 0 Å². The van der Waals surface area contributed by atoms with Gasteiger partial charge < -0.3 is 21.7 Å². The van der Waals surface area contributed by atoms with E-state index in [0.717, 1.165) is 18.4 Å². The minimum atomic E-state index is -0.212. The summed E-state index contributed by atoms with van der Waals surface area (Å²) in [5.74, 6) is 0.546. The SMILES string of the molecule is CC(=O)NCCNC(=O)c1cccc(-c2cc(NC3CC3)nc(N)n2)c1. The molecule has 0 saturated heterocycles. The number of anilines is 2. The number of nitrogens with zero attached hydrogens (tertiary/aromatic N) is 2. The monoisotopic (exact) mass is 354 g/mol. The van der Waals surface area contributed by atoms with E-state index in [1.807, 2.05) is 12.1 Å². The van der Waals surface area contributed by atoms with Gasteiger partial charge in [0.2, 0.25) is 11.9 Å². The molecule has 1 aliphatic carbocycles. The zero-order chi connectivity index (χ0) is 18.5. The Morgan fingerprint density at radius 3 is 2.65 bits per heavy atom. The molecule has 0 aliphatic heterocycles. The second-order valence-electron chi connectivity index (χ2n) is 6.23. The maximum atomic E-state index is 12.3. The van der Waals surface area contributed by atoms with Gasteiger partial charge in [0, 0.05) is 43.2 Å². The van der Waals surface area contributed by atoms with E-state index in [1.165, 1.54) is 6.92 Å². The molecule has 8 heteroatoms. The molecular formula is C18H22N6O2. The first kappa shape index (κ1) is 17.7. The highest BCUT2D eigenvalue weighted by Crippen LogP contribution is 2.27. The second-order valence-corrected chi connectivity index (χ2v) is 6.23. The van der Waals surface area contributed by atoms with Crippen LogP contribution < -0.4 is 21.7 Å². The summed E-state index contributed by atoms with van der Waals surface area (Å²) in [5.41, 5.74) is 7.78. The van der Waals surface area contributed by atoms with E-state index in [4.69, 9.17) is 5.73 Å². The van der Waals surface area contributed by atoms with Crippen LogP contribution in [0.4, 0.5) is 11.8 Å². The van der Waals surface area contributed by atoms with Crippen LogP contribution in [0.2, 0.25) is 0 Å². The molecule has 1 aromatic carbocycles. The summed E-state index contributed by atoms with van der Waals surface area (Å²) in [6, 6.07) is 9.45. The topological polar surface area (TPSA) is 122 Å². The van der Waals surface area contributed by atoms with E-state index in [0.29, 0.717) is 36.2 Å². The number of carbonyl (C=O) groups excluding carboxylic acids is 2. The van der Waals surface area contributed by atoms with Crippen molar-refractivity contribution >= 4 is 23.6 Å². The van der Waals surface area contributed by atoms with Crippen molar-refractivity contribution in [2.45, 2.75) is 25.8 Å². The maximum absolute atomic E-state index is 12.3. The lowest BCUT2D eigenvalue weighted by atomic mass is 10.1. The van der Waals surface area contributed by atoms with E-state index in [-0.39, 0.29) is 17.8 Å². The van der Waals surface area contributed by atoms with Crippen LogP contribution in [0.3, 0.4) is 0 Å². The fourth-order valence-electron chi connectivity index (χ4n) is 2.46. The highest BCUT2D eigenvalue weighted by atomic mass is 16.2. The first-order valence-corrected chi connectivity index (χ1v) is 8.55. The van der Waals surface area contributed by atoms with E-state index < -0.39 is 0 Å². The average molecular weight is 354 g/mol. The second kappa shape index (κ2) is 7.81. The van der Waals surface area contributed by atoms with Gasteiger partial charge in [0.15, 0.2) is 0 Å². The molecule has 26 heavy (non-hydrogen) atoms. The molecule has 1 saturated carbocycles. The molecule has 3 rings (SSSR count). The Balaban J connectivity index is 1.71. The molecule has 8 nitrogen and oxygen atoms in total. The maximum Gasteiger partial charge on any atom is 0.251 e. The molecule has 0 spiro atoms. The number of hydrogen-bond acceptors (Lipinski definition) is 6. The summed E-state index contributed by atoms with van der Waals surface area (Å²) in [6.45, 7) is 2.18. The Hall–Kier alpha value is -3.16. The van der Waals surface area contributed by atoms with Gasteiger partial charge in [-0.3, -0.25) is 9.59 Å². The van der Waals surface area contributed by atoms with Crippen LogP contribution in [-0.2, 0) is 4.79 Å². The largest absolute Gasteiger partial charge is 0.368 e. The summed E-state index contributed by atoms with van der Waals surface area (Å²) in [7, 11) is 0. The van der Waals surface area contributed by atoms with Crippen molar-refractivity contribution < 1.29 is 9.59 Å². The summed E-state index contributed by atoms with van der Waals surface area (Å²) in [5, 5.41) is 8.70. The molecule has 0 bridgehead atoms. The van der Waals surface area contributed by atoms with Crippen molar-refractivity contribution in [3.63, 3.8) is 0 Å². The number of nitrogens with one attached hydrogen (secondary N) is 3. The third-order valence-electron chi connectivity index (χ3n) is 3.88. The Morgan fingerprint density at radius 2 is 1.92 bits per heavy atom. The van der Waals surface area contributed by atoms with Gasteiger partial charge in [-0.15, -0.1) is 0 Å². The van der Waals surface area contributed by atoms with Crippen LogP contribution in [0.5, 0.6) is 0 Å². The van der Waals surface area contributed by atoms with Crippen molar-refractivity contribution in [1.82, 2.24) is 20.6 Å². The fraction of sp³-hybridized carbons (Fsp3) is 0.333. The van der Waals surface area contributed by atoms with Crippen LogP contribution in [-0.4, -0.2) is 40.9 Å². The summed E-state index contributed by atoms with van der Waals surface area (Å²) in [6.07, 6.45) is 2.26. The minimum absolute atomic E-state index is 0.127. The summed E-state index contributed by atoms with van der Waals surface area (Å²) in [4.78, 5) is 31.6. The molecule has 0 unspecified atom stereocenters. The van der Waals surface area contributed by atoms with Gasteiger partial charge in [-0.2, -0.15) is 4.98 Å². The molecule has 1 fully saturated rings. The molecule has 1 aromatic heterocycles. The smallest absolute Gasteiger partial charge is 0.251 e. The Kier molecular flexibility index (Phi) is 5.31. The van der Waals surface area contributed by atoms with Gasteiger partial charge in [0.25, 0.3) is 5.91 Å². The van der Waals surface area contributed by atoms with Crippen LogP contribution in [0.25, 0.3) is 11.3 Å². The first-order chi connectivity index (χ1) is 12.5. The predicted molar refractivity (Wildman–Crippen MR) is 99.5 cm³/mol. The molecule has 2 aromatic rings. The number of benzene rings is 1. The molecule has 136 valence electrons. The van der Waals surface area contributed by atoms with Gasteiger partial charge in [0.1, 0.15) is 5.82 Å². The standard InChI is InChI=1S/C18H22N6O2/c1-11(25)20-7-8-21-17(26)13-4-2-3-12(9-13)15-10-16(22-14-5-6-14)24-18(19)23-15/h2-4,9-10,14H,5-8H2,1H3,(H,20,25)(H,21,26)(H3,19,22,23,24). The Morgan fingerprint density at radius 1 is 1.15 bits per heavy atom. The number of carbonyl (C=O) groups is 2. The van der Waals surface area contributed by atoms with Gasteiger partial charge >= 0.3 is 0 Å². The van der Waals surface area contributed by atoms with Gasteiger partial charge in [-0.1, -0.05) is 12.1 Å². The van der Waals surface area contributed by atoms with Crippen LogP contribution >= 0.6 is 0 Å². The number of nitrogens with two attached hydrogens (primary N) is 1. The zero-order valence-corrected chi connectivity index (χ0v) is 14.6. The Labute approximate surface area is 151 Å². The molecule has 2 amide bonds. The van der Waals surface area contributed by atoms with Crippen molar-refractivity contribution in [3.8, 4) is 11.3 Å². The zero-order valence-electron chi connectivity index (χ0n) is 14.6. The lowest BCUT2D eigenvalue weighted by Crippen LogP contribution is -2.33. The van der Waals surface area contributed by atoms with Gasteiger partial charge in [-0.05, 0) is 25.0 Å². The van der Waals surface area contributed by atoms with Gasteiger partial charge in [0.05, 0.1) is 5.69 Å². The van der Waals surface area contributed by atoms with E-state index >= 15 is 0 Å². The fourth-order valence-corrected chi connectivity index (χ4v) is 2.46. The molecule has 0 radical (unpaired) electrons. The predicted octanol–water partition coefficient (Wildman–Crippen LogP) is 1.17. The highest BCUT2D eigenvalue weighted by Gasteiger charge is 2.21. The number of aromatic nitrogens is 2. The molecular weight excluding hydrogens is 332 g/mol. The van der Waals surface area contributed by atoms with E-state index in [9.17, 15) is 9.59 Å². The third-order valence-corrected chi connectivity index (χ3v) is 3.88. The molecule has 5 N–H and O–H groups in total. The normalized spacial score (nSPS) is 13.1. The highest BCUT2D eigenvalue weighted by molar-refractivity contribution is 5.95. The number of rotatable bonds is 7. The minimum Gasteiger partial charge on any atom is -0.368 e. The third kappa shape index (κ3) is 4.92. The van der Waals surface area contributed by atoms with Crippen molar-refractivity contribution in [3.05, 3.63) is 35.9 Å². The molecule has 1 heterocycles. The van der Waals surface area contributed by atoms with Crippen LogP contribution in [0.1, 0.15) is 30.1 Å². The molecule has 0 atom stereocenters. The van der Waals surface area contributed by atoms with E-state index in [1.54, 1.807) is 18.2 Å². The van der Waals surface area contributed by atoms with Crippen LogP contribution in [0, 0.1) is 0 Å². The lowest BCUT2D eigenvalue weighted by Gasteiger charge is -2.09. The molecule has 1 aliphatic rings. The first-order valence-electron chi connectivity index (χ1n) is 8.55. The summed E-state index contributed by atoms with van der Waals surface area (Å²) >= 11 is 0. The van der Waals surface area contributed by atoms with Crippen molar-refractivity contribution in [2.24, 2.45) is 0 Å². The quantitative estimate of drug-likeness (QED) is 0.554. The average Bonchev–Trinajstić information content (AvgIpc) is 3.42. The number of hydrogen-bond donors (Lipinski definition) is 4. The summed E-state index contributed by atoms with van der Waals surface area (Å²) < 4.78 is 0. The van der Waals surface area contributed by atoms with E-state index in [2.05, 4.69) is 25.9 Å². The number of amides is 2. The lowest BCUT2D eigenvalue weighted by molar-refractivity contribution is -0.118.